The molecule has 5 heteroatoms. The second-order valence-corrected chi connectivity index (χ2v) is 6.35. The van der Waals surface area contributed by atoms with Gasteiger partial charge in [0, 0.05) is 12.2 Å². The molecule has 1 atom stereocenters. The van der Waals surface area contributed by atoms with Gasteiger partial charge < -0.3 is 20.5 Å². The van der Waals surface area contributed by atoms with E-state index in [0.717, 1.165) is 28.1 Å². The number of carbonyl (C=O) groups excluding carboxylic acids is 1. The molecule has 0 aliphatic rings. The molecule has 0 fully saturated rings. The summed E-state index contributed by atoms with van der Waals surface area (Å²) >= 11 is 0. The monoisotopic (exact) mass is 342 g/mol. The summed E-state index contributed by atoms with van der Waals surface area (Å²) in [5.74, 6) is 0.756. The van der Waals surface area contributed by atoms with Crippen molar-refractivity contribution in [3.63, 3.8) is 0 Å². The van der Waals surface area contributed by atoms with Gasteiger partial charge in [0.05, 0.1) is 12.2 Å². The number of hydrogen-bond acceptors (Lipinski definition) is 3. The minimum Gasteiger partial charge on any atom is -0.491 e. The number of amides is 2. The van der Waals surface area contributed by atoms with Crippen LogP contribution in [0.5, 0.6) is 5.75 Å². The largest absolute Gasteiger partial charge is 0.491 e. The Kier molecular flexibility index (Phi) is 6.42. The van der Waals surface area contributed by atoms with Crippen LogP contribution in [0.25, 0.3) is 0 Å². The lowest BCUT2D eigenvalue weighted by Gasteiger charge is -2.16. The molecule has 2 aromatic carbocycles. The third kappa shape index (κ3) is 5.50. The zero-order chi connectivity index (χ0) is 18.4. The van der Waals surface area contributed by atoms with E-state index < -0.39 is 6.10 Å². The second-order valence-electron chi connectivity index (χ2n) is 6.35. The van der Waals surface area contributed by atoms with E-state index in [2.05, 4.69) is 10.6 Å². The van der Waals surface area contributed by atoms with Crippen molar-refractivity contribution in [1.82, 2.24) is 5.32 Å². The van der Waals surface area contributed by atoms with Crippen LogP contribution < -0.4 is 15.4 Å². The Balaban J connectivity index is 1.88. The molecule has 134 valence electrons. The molecule has 0 radical (unpaired) electrons. The van der Waals surface area contributed by atoms with Gasteiger partial charge in [-0.2, -0.15) is 0 Å². The van der Waals surface area contributed by atoms with E-state index in [9.17, 15) is 9.90 Å². The number of urea groups is 1. The number of anilines is 1. The van der Waals surface area contributed by atoms with Gasteiger partial charge in [-0.25, -0.2) is 4.79 Å². The van der Waals surface area contributed by atoms with E-state index in [-0.39, 0.29) is 18.7 Å². The highest BCUT2D eigenvalue weighted by Crippen LogP contribution is 2.20. The molecule has 0 saturated carbocycles. The molecule has 0 bridgehead atoms. The first-order valence-electron chi connectivity index (χ1n) is 8.42. The Hall–Kier alpha value is -2.53. The lowest BCUT2D eigenvalue weighted by atomic mass is 10.1. The highest BCUT2D eigenvalue weighted by atomic mass is 16.5. The summed E-state index contributed by atoms with van der Waals surface area (Å²) in [5, 5.41) is 15.8. The normalized spacial score (nSPS) is 11.9. The molecule has 2 amide bonds. The van der Waals surface area contributed by atoms with Crippen molar-refractivity contribution in [3.05, 3.63) is 59.2 Å². The maximum atomic E-state index is 12.1. The number of aryl methyl sites for hydroxylation is 2. The lowest BCUT2D eigenvalue weighted by Crippen LogP contribution is -2.32. The van der Waals surface area contributed by atoms with Crippen LogP contribution >= 0.6 is 0 Å². The van der Waals surface area contributed by atoms with Crippen LogP contribution in [0.4, 0.5) is 10.5 Å². The number of hydrogen-bond donors (Lipinski definition) is 3. The van der Waals surface area contributed by atoms with Gasteiger partial charge in [0.2, 0.25) is 0 Å². The molecule has 25 heavy (non-hydrogen) atoms. The summed E-state index contributed by atoms with van der Waals surface area (Å²) in [6, 6.07) is 12.7. The summed E-state index contributed by atoms with van der Waals surface area (Å²) in [5.41, 5.74) is 3.51. The molecule has 0 heterocycles. The molecular formula is C20H26N2O3. The first kappa shape index (κ1) is 18.8. The topological polar surface area (TPSA) is 70.6 Å². The van der Waals surface area contributed by atoms with Crippen molar-refractivity contribution in [2.24, 2.45) is 0 Å². The predicted molar refractivity (Wildman–Crippen MR) is 100 cm³/mol. The highest BCUT2D eigenvalue weighted by molar-refractivity contribution is 5.91. The van der Waals surface area contributed by atoms with Crippen molar-refractivity contribution < 1.29 is 14.6 Å². The van der Waals surface area contributed by atoms with Crippen LogP contribution in [0.3, 0.4) is 0 Å². The van der Waals surface area contributed by atoms with Crippen molar-refractivity contribution in [1.29, 1.82) is 0 Å². The Morgan fingerprint density at radius 1 is 1.08 bits per heavy atom. The maximum Gasteiger partial charge on any atom is 0.319 e. The van der Waals surface area contributed by atoms with Gasteiger partial charge in [0.1, 0.15) is 5.75 Å². The van der Waals surface area contributed by atoms with E-state index in [0.29, 0.717) is 0 Å². The highest BCUT2D eigenvalue weighted by Gasteiger charge is 2.11. The standard InChI is InChI=1S/C20H26N2O3/c1-13(2)25-17-10-8-16(9-11-17)18(23)12-21-20(24)22-19-14(3)6-5-7-15(19)4/h5-11,13,18,23H,12H2,1-4H3,(H2,21,22,24). The van der Waals surface area contributed by atoms with Crippen LogP contribution in [0.1, 0.15) is 36.6 Å². The number of aliphatic hydroxyl groups is 1. The molecule has 0 aliphatic heterocycles. The van der Waals surface area contributed by atoms with Gasteiger partial charge in [-0.1, -0.05) is 30.3 Å². The number of para-hydroxylation sites is 1. The van der Waals surface area contributed by atoms with Gasteiger partial charge in [-0.3, -0.25) is 0 Å². The minimum atomic E-state index is -0.781. The summed E-state index contributed by atoms with van der Waals surface area (Å²) in [7, 11) is 0. The number of benzene rings is 2. The van der Waals surface area contributed by atoms with Crippen LogP contribution in [0.15, 0.2) is 42.5 Å². The van der Waals surface area contributed by atoms with Crippen LogP contribution in [0, 0.1) is 13.8 Å². The van der Waals surface area contributed by atoms with Gasteiger partial charge in [0.15, 0.2) is 0 Å². The van der Waals surface area contributed by atoms with Gasteiger partial charge in [-0.15, -0.1) is 0 Å². The van der Waals surface area contributed by atoms with E-state index in [1.54, 1.807) is 12.1 Å². The zero-order valence-corrected chi connectivity index (χ0v) is 15.2. The second kappa shape index (κ2) is 8.53. The van der Waals surface area contributed by atoms with E-state index in [1.807, 2.05) is 58.0 Å². The van der Waals surface area contributed by atoms with Crippen molar-refractivity contribution >= 4 is 11.7 Å². The first-order chi connectivity index (χ1) is 11.9. The molecule has 0 saturated heterocycles. The van der Waals surface area contributed by atoms with Crippen LogP contribution in [-0.2, 0) is 0 Å². The Morgan fingerprint density at radius 2 is 1.68 bits per heavy atom. The maximum absolute atomic E-state index is 12.1. The van der Waals surface area contributed by atoms with Crippen LogP contribution in [-0.4, -0.2) is 23.8 Å². The summed E-state index contributed by atoms with van der Waals surface area (Å²) in [4.78, 5) is 12.1. The Bertz CT molecular complexity index is 691. The minimum absolute atomic E-state index is 0.103. The van der Waals surface area contributed by atoms with E-state index in [4.69, 9.17) is 4.74 Å². The molecule has 2 aromatic rings. The third-order valence-corrected chi connectivity index (χ3v) is 3.81. The molecule has 0 aromatic heterocycles. The predicted octanol–water partition coefficient (Wildman–Crippen LogP) is 3.95. The third-order valence-electron chi connectivity index (χ3n) is 3.81. The van der Waals surface area contributed by atoms with Crippen LogP contribution in [0.2, 0.25) is 0 Å². The number of rotatable bonds is 6. The number of aliphatic hydroxyl groups excluding tert-OH is 1. The number of ether oxygens (including phenoxy) is 1. The van der Waals surface area contributed by atoms with Crippen molar-refractivity contribution in [3.8, 4) is 5.75 Å². The summed E-state index contributed by atoms with van der Waals surface area (Å²) in [6.07, 6.45) is -0.678. The van der Waals surface area contributed by atoms with Gasteiger partial charge in [-0.05, 0) is 56.5 Å². The fourth-order valence-electron chi connectivity index (χ4n) is 2.52. The fraction of sp³-hybridized carbons (Fsp3) is 0.350. The quantitative estimate of drug-likeness (QED) is 0.744. The van der Waals surface area contributed by atoms with Gasteiger partial charge in [0.25, 0.3) is 0 Å². The van der Waals surface area contributed by atoms with Gasteiger partial charge >= 0.3 is 6.03 Å². The number of nitrogens with one attached hydrogen (secondary N) is 2. The average molecular weight is 342 g/mol. The van der Waals surface area contributed by atoms with Crippen molar-refractivity contribution in [2.75, 3.05) is 11.9 Å². The number of carbonyl (C=O) groups is 1. The smallest absolute Gasteiger partial charge is 0.319 e. The van der Waals surface area contributed by atoms with E-state index in [1.165, 1.54) is 0 Å². The average Bonchev–Trinajstić information content (AvgIpc) is 2.56. The molecule has 0 spiro atoms. The Morgan fingerprint density at radius 3 is 2.24 bits per heavy atom. The first-order valence-corrected chi connectivity index (χ1v) is 8.42. The Labute approximate surface area is 149 Å². The molecule has 1 unspecified atom stereocenters. The van der Waals surface area contributed by atoms with Crippen molar-refractivity contribution in [2.45, 2.75) is 39.9 Å². The molecule has 5 nitrogen and oxygen atoms in total. The molecular weight excluding hydrogens is 316 g/mol. The van der Waals surface area contributed by atoms with E-state index >= 15 is 0 Å². The zero-order valence-electron chi connectivity index (χ0n) is 15.2. The summed E-state index contributed by atoms with van der Waals surface area (Å²) in [6.45, 7) is 7.93. The SMILES string of the molecule is Cc1cccc(C)c1NC(=O)NCC(O)c1ccc(OC(C)C)cc1. The molecule has 3 N–H and O–H groups in total. The molecule has 0 aliphatic carbocycles. The fourth-order valence-corrected chi connectivity index (χ4v) is 2.52. The molecule has 2 rings (SSSR count). The summed E-state index contributed by atoms with van der Waals surface area (Å²) < 4.78 is 5.57. The lowest BCUT2D eigenvalue weighted by molar-refractivity contribution is 0.175.